The lowest BCUT2D eigenvalue weighted by molar-refractivity contribution is -0.137. The van der Waals surface area contributed by atoms with Gasteiger partial charge in [0.05, 0.1) is 5.56 Å². The van der Waals surface area contributed by atoms with Crippen LogP contribution in [-0.2, 0) is 22.2 Å². The van der Waals surface area contributed by atoms with Gasteiger partial charge in [0, 0.05) is 12.6 Å². The molecule has 0 spiro atoms. The van der Waals surface area contributed by atoms with Gasteiger partial charge in [-0.25, -0.2) is 4.98 Å². The standard InChI is InChI=1S/C17H15BrF3N3O3/c18-14-10(2-1-7-23-14)8-12(15(22)26)24-16(27)13(25)9-3-5-11(6-4-9)17(19,20)21/h1-7,12-13,25H,8H2,(H2,22,26)(H,24,27)/t12-,13-/m1/s1. The highest BCUT2D eigenvalue weighted by Gasteiger charge is 2.31. The van der Waals surface area contributed by atoms with E-state index in [9.17, 15) is 27.9 Å². The number of hydrogen-bond acceptors (Lipinski definition) is 4. The molecule has 4 N–H and O–H groups in total. The van der Waals surface area contributed by atoms with Crippen molar-refractivity contribution in [3.05, 3.63) is 63.9 Å². The Morgan fingerprint density at radius 1 is 1.22 bits per heavy atom. The Labute approximate surface area is 160 Å². The van der Waals surface area contributed by atoms with Crippen LogP contribution in [0, 0.1) is 0 Å². The number of pyridine rings is 1. The van der Waals surface area contributed by atoms with Crippen molar-refractivity contribution in [3.63, 3.8) is 0 Å². The lowest BCUT2D eigenvalue weighted by Gasteiger charge is -2.19. The lowest BCUT2D eigenvalue weighted by Crippen LogP contribution is -2.47. The highest BCUT2D eigenvalue weighted by atomic mass is 79.9. The summed E-state index contributed by atoms with van der Waals surface area (Å²) in [7, 11) is 0. The van der Waals surface area contributed by atoms with Gasteiger partial charge >= 0.3 is 6.18 Å². The van der Waals surface area contributed by atoms with E-state index in [0.717, 1.165) is 24.3 Å². The summed E-state index contributed by atoms with van der Waals surface area (Å²) in [6, 6.07) is 5.66. The summed E-state index contributed by atoms with van der Waals surface area (Å²) >= 11 is 3.21. The third kappa shape index (κ3) is 5.51. The van der Waals surface area contributed by atoms with Crippen LogP contribution in [0.2, 0.25) is 0 Å². The van der Waals surface area contributed by atoms with Crippen molar-refractivity contribution in [2.45, 2.75) is 24.7 Å². The molecule has 1 heterocycles. The van der Waals surface area contributed by atoms with Crippen LogP contribution in [0.25, 0.3) is 0 Å². The predicted molar refractivity (Wildman–Crippen MR) is 93.2 cm³/mol. The van der Waals surface area contributed by atoms with Gasteiger partial charge < -0.3 is 16.2 Å². The van der Waals surface area contributed by atoms with Crippen molar-refractivity contribution in [2.75, 3.05) is 0 Å². The largest absolute Gasteiger partial charge is 0.416 e. The second-order valence-corrected chi connectivity index (χ2v) is 6.39. The number of rotatable bonds is 6. The van der Waals surface area contributed by atoms with Crippen LogP contribution in [-0.4, -0.2) is 27.9 Å². The Kier molecular flexibility index (Phi) is 6.55. The first-order valence-electron chi connectivity index (χ1n) is 7.64. The molecule has 0 aliphatic rings. The molecule has 1 aromatic heterocycles. The average molecular weight is 446 g/mol. The molecule has 10 heteroatoms. The summed E-state index contributed by atoms with van der Waals surface area (Å²) in [5, 5.41) is 12.4. The number of halogens is 4. The zero-order chi connectivity index (χ0) is 20.2. The molecule has 0 saturated heterocycles. The minimum atomic E-state index is -4.53. The Morgan fingerprint density at radius 3 is 2.37 bits per heavy atom. The summed E-state index contributed by atoms with van der Waals surface area (Å²) in [6.45, 7) is 0. The van der Waals surface area contributed by atoms with E-state index in [2.05, 4.69) is 26.2 Å². The molecule has 0 unspecified atom stereocenters. The van der Waals surface area contributed by atoms with E-state index in [1.165, 1.54) is 6.20 Å². The predicted octanol–water partition coefficient (Wildman–Crippen LogP) is 2.11. The first-order chi connectivity index (χ1) is 12.6. The highest BCUT2D eigenvalue weighted by molar-refractivity contribution is 9.10. The fraction of sp³-hybridized carbons (Fsp3) is 0.235. The maximum Gasteiger partial charge on any atom is 0.416 e. The van der Waals surface area contributed by atoms with Crippen LogP contribution in [0.15, 0.2) is 47.2 Å². The van der Waals surface area contributed by atoms with Gasteiger partial charge in [-0.15, -0.1) is 0 Å². The van der Waals surface area contributed by atoms with Crippen LogP contribution >= 0.6 is 15.9 Å². The molecule has 6 nitrogen and oxygen atoms in total. The van der Waals surface area contributed by atoms with Crippen molar-refractivity contribution in [2.24, 2.45) is 5.73 Å². The molecule has 2 atom stereocenters. The number of nitrogens with two attached hydrogens (primary N) is 1. The van der Waals surface area contributed by atoms with Gasteiger partial charge in [-0.05, 0) is 45.3 Å². The van der Waals surface area contributed by atoms with Crippen LogP contribution in [0.5, 0.6) is 0 Å². The monoisotopic (exact) mass is 445 g/mol. The van der Waals surface area contributed by atoms with E-state index in [1.54, 1.807) is 12.1 Å². The maximum atomic E-state index is 12.6. The molecule has 2 amide bonds. The molecule has 2 rings (SSSR count). The summed E-state index contributed by atoms with van der Waals surface area (Å²) < 4.78 is 38.2. The summed E-state index contributed by atoms with van der Waals surface area (Å²) in [5.74, 6) is -1.79. The van der Waals surface area contributed by atoms with E-state index in [1.807, 2.05) is 0 Å². The topological polar surface area (TPSA) is 105 Å². The van der Waals surface area contributed by atoms with Crippen molar-refractivity contribution < 1.29 is 27.9 Å². The van der Waals surface area contributed by atoms with E-state index >= 15 is 0 Å². The highest BCUT2D eigenvalue weighted by Crippen LogP contribution is 2.30. The molecule has 0 bridgehead atoms. The summed E-state index contributed by atoms with van der Waals surface area (Å²) in [6.07, 6.45) is -4.74. The third-order valence-electron chi connectivity index (χ3n) is 3.72. The lowest BCUT2D eigenvalue weighted by atomic mass is 10.0. The fourth-order valence-corrected chi connectivity index (χ4v) is 2.68. The van der Waals surface area contributed by atoms with Gasteiger partial charge in [-0.2, -0.15) is 13.2 Å². The number of benzene rings is 1. The van der Waals surface area contributed by atoms with E-state index in [-0.39, 0.29) is 12.0 Å². The first kappa shape index (κ1) is 20.8. The molecular weight excluding hydrogens is 431 g/mol. The normalized spacial score (nSPS) is 13.7. The number of nitrogens with one attached hydrogen (secondary N) is 1. The van der Waals surface area contributed by atoms with Crippen molar-refractivity contribution in [1.82, 2.24) is 10.3 Å². The molecule has 144 valence electrons. The SMILES string of the molecule is NC(=O)[C@@H](Cc1cccnc1Br)NC(=O)[C@H](O)c1ccc(C(F)(F)F)cc1. The molecule has 0 fully saturated rings. The number of aliphatic hydroxyl groups is 1. The molecule has 0 aliphatic carbocycles. The second-order valence-electron chi connectivity index (χ2n) is 5.64. The molecule has 0 saturated carbocycles. The summed E-state index contributed by atoms with van der Waals surface area (Å²) in [4.78, 5) is 27.8. The van der Waals surface area contributed by atoms with E-state index < -0.39 is 35.7 Å². The van der Waals surface area contributed by atoms with Crippen LogP contribution in [0.4, 0.5) is 13.2 Å². The van der Waals surface area contributed by atoms with Gasteiger partial charge in [0.15, 0.2) is 6.10 Å². The number of hydrogen-bond donors (Lipinski definition) is 3. The molecule has 0 radical (unpaired) electrons. The smallest absolute Gasteiger partial charge is 0.378 e. The Hall–Kier alpha value is -2.46. The minimum absolute atomic E-state index is 0.0230. The maximum absolute atomic E-state index is 12.6. The van der Waals surface area contributed by atoms with Crippen molar-refractivity contribution in [3.8, 4) is 0 Å². The van der Waals surface area contributed by atoms with Gasteiger partial charge in [-0.1, -0.05) is 18.2 Å². The Balaban J connectivity index is 2.10. The molecule has 27 heavy (non-hydrogen) atoms. The number of aromatic nitrogens is 1. The summed E-state index contributed by atoms with van der Waals surface area (Å²) in [5.41, 5.74) is 4.94. The van der Waals surface area contributed by atoms with Gasteiger partial charge in [-0.3, -0.25) is 9.59 Å². The van der Waals surface area contributed by atoms with Crippen LogP contribution in [0.1, 0.15) is 22.8 Å². The van der Waals surface area contributed by atoms with E-state index in [0.29, 0.717) is 10.2 Å². The van der Waals surface area contributed by atoms with Gasteiger partial charge in [0.1, 0.15) is 10.6 Å². The number of aliphatic hydroxyl groups excluding tert-OH is 1. The zero-order valence-electron chi connectivity index (χ0n) is 13.7. The first-order valence-corrected chi connectivity index (χ1v) is 8.43. The zero-order valence-corrected chi connectivity index (χ0v) is 15.3. The average Bonchev–Trinajstić information content (AvgIpc) is 2.61. The Bertz CT molecular complexity index is 828. The number of nitrogens with zero attached hydrogens (tertiary/aromatic N) is 1. The molecule has 2 aromatic rings. The number of alkyl halides is 3. The van der Waals surface area contributed by atoms with Gasteiger partial charge in [0.25, 0.3) is 5.91 Å². The van der Waals surface area contributed by atoms with Gasteiger partial charge in [0.2, 0.25) is 5.91 Å². The third-order valence-corrected chi connectivity index (χ3v) is 4.44. The van der Waals surface area contributed by atoms with Crippen molar-refractivity contribution in [1.29, 1.82) is 0 Å². The van der Waals surface area contributed by atoms with E-state index in [4.69, 9.17) is 5.73 Å². The fourth-order valence-electron chi connectivity index (χ4n) is 2.27. The van der Waals surface area contributed by atoms with Crippen LogP contribution < -0.4 is 11.1 Å². The molecular formula is C17H15BrF3N3O3. The van der Waals surface area contributed by atoms with Crippen LogP contribution in [0.3, 0.4) is 0 Å². The minimum Gasteiger partial charge on any atom is -0.378 e. The second kappa shape index (κ2) is 8.49. The number of carbonyl (C=O) groups excluding carboxylic acids is 2. The number of amides is 2. The molecule has 0 aliphatic heterocycles. The molecule has 1 aromatic carbocycles. The number of carbonyl (C=O) groups is 2. The number of primary amides is 1. The van der Waals surface area contributed by atoms with Crippen molar-refractivity contribution >= 4 is 27.7 Å². The quantitative estimate of drug-likeness (QED) is 0.592. The Morgan fingerprint density at radius 2 is 1.85 bits per heavy atom.